The number of nitrogens with one attached hydrogen (secondary N) is 1. The summed E-state index contributed by atoms with van der Waals surface area (Å²) in [5.74, 6) is -0.807. The van der Waals surface area contributed by atoms with Crippen LogP contribution in [0, 0.1) is 12.7 Å². The predicted octanol–water partition coefficient (Wildman–Crippen LogP) is 2.33. The van der Waals surface area contributed by atoms with E-state index < -0.39 is 11.4 Å². The number of pyridine rings is 1. The maximum absolute atomic E-state index is 13.1. The van der Waals surface area contributed by atoms with Gasteiger partial charge in [0.2, 0.25) is 0 Å². The number of aromatic nitrogens is 1. The molecule has 1 heterocycles. The number of hydrogen-bond acceptors (Lipinski definition) is 2. The Morgan fingerprint density at radius 2 is 2.13 bits per heavy atom. The smallest absolute Gasteiger partial charge is 0.255 e. The van der Waals surface area contributed by atoms with Crippen LogP contribution in [-0.2, 0) is 0 Å². The van der Waals surface area contributed by atoms with Gasteiger partial charge in [0, 0.05) is 5.39 Å². The molecule has 15 heavy (non-hydrogen) atoms. The predicted molar refractivity (Wildman–Crippen MR) is 55.9 cm³/mol. The van der Waals surface area contributed by atoms with E-state index in [-0.39, 0.29) is 21.9 Å². The van der Waals surface area contributed by atoms with E-state index in [0.29, 0.717) is 5.39 Å². The monoisotopic (exact) mass is 227 g/mol. The van der Waals surface area contributed by atoms with Crippen molar-refractivity contribution < 1.29 is 9.50 Å². The molecule has 0 aliphatic heterocycles. The van der Waals surface area contributed by atoms with Crippen molar-refractivity contribution in [2.45, 2.75) is 6.92 Å². The fourth-order valence-electron chi connectivity index (χ4n) is 1.37. The molecule has 0 spiro atoms. The standard InChI is InChI=1S/C10H7ClFNO2/c1-4-9(14)5-2-6(11)7(12)3-8(5)13-10(4)15/h2-3H,1H3,(H2,13,14,15). The highest BCUT2D eigenvalue weighted by Crippen LogP contribution is 2.28. The van der Waals surface area contributed by atoms with Crippen molar-refractivity contribution in [2.24, 2.45) is 0 Å². The van der Waals surface area contributed by atoms with E-state index in [1.165, 1.54) is 13.0 Å². The fraction of sp³-hybridized carbons (Fsp3) is 0.100. The molecular formula is C10H7ClFNO2. The van der Waals surface area contributed by atoms with Gasteiger partial charge in [0.1, 0.15) is 11.6 Å². The minimum absolute atomic E-state index is 0.0933. The molecule has 0 bridgehead atoms. The average Bonchev–Trinajstić information content (AvgIpc) is 2.19. The number of hydrogen-bond donors (Lipinski definition) is 2. The zero-order chi connectivity index (χ0) is 11.2. The highest BCUT2D eigenvalue weighted by molar-refractivity contribution is 6.31. The minimum atomic E-state index is -0.636. The molecule has 0 saturated carbocycles. The molecule has 0 atom stereocenters. The number of aromatic hydroxyl groups is 1. The summed E-state index contributed by atoms with van der Waals surface area (Å²) in [5.41, 5.74) is -0.0307. The maximum Gasteiger partial charge on any atom is 0.255 e. The Morgan fingerprint density at radius 3 is 2.80 bits per heavy atom. The molecule has 2 aromatic rings. The van der Waals surface area contributed by atoms with Crippen molar-refractivity contribution in [3.05, 3.63) is 38.9 Å². The first-order chi connectivity index (χ1) is 7.00. The van der Waals surface area contributed by atoms with Gasteiger partial charge in [-0.1, -0.05) is 11.6 Å². The minimum Gasteiger partial charge on any atom is -0.507 e. The van der Waals surface area contributed by atoms with Crippen LogP contribution < -0.4 is 5.56 Å². The molecule has 1 aromatic carbocycles. The lowest BCUT2D eigenvalue weighted by atomic mass is 10.1. The number of rotatable bonds is 0. The molecule has 5 heteroatoms. The van der Waals surface area contributed by atoms with Crippen LogP contribution >= 0.6 is 11.6 Å². The lowest BCUT2D eigenvalue weighted by Crippen LogP contribution is -2.09. The Bertz CT molecular complexity index is 606. The second-order valence-electron chi connectivity index (χ2n) is 3.24. The number of benzene rings is 1. The summed E-state index contributed by atoms with van der Waals surface area (Å²) in [5, 5.41) is 9.89. The highest BCUT2D eigenvalue weighted by Gasteiger charge is 2.10. The van der Waals surface area contributed by atoms with Gasteiger partial charge >= 0.3 is 0 Å². The van der Waals surface area contributed by atoms with Gasteiger partial charge in [-0.05, 0) is 19.1 Å². The van der Waals surface area contributed by atoms with Gasteiger partial charge in [0.25, 0.3) is 5.56 Å². The molecule has 2 N–H and O–H groups in total. The van der Waals surface area contributed by atoms with Crippen LogP contribution in [0.25, 0.3) is 10.9 Å². The highest BCUT2D eigenvalue weighted by atomic mass is 35.5. The molecule has 0 amide bonds. The van der Waals surface area contributed by atoms with Gasteiger partial charge in [-0.25, -0.2) is 4.39 Å². The number of halogens is 2. The molecule has 0 aliphatic carbocycles. The van der Waals surface area contributed by atoms with Crippen molar-refractivity contribution in [1.82, 2.24) is 4.98 Å². The lowest BCUT2D eigenvalue weighted by Gasteiger charge is -2.04. The van der Waals surface area contributed by atoms with Crippen molar-refractivity contribution in [3.8, 4) is 5.75 Å². The Balaban J connectivity index is 3.00. The molecule has 3 nitrogen and oxygen atoms in total. The van der Waals surface area contributed by atoms with Gasteiger partial charge in [0.15, 0.2) is 0 Å². The molecule has 0 unspecified atom stereocenters. The fourth-order valence-corrected chi connectivity index (χ4v) is 1.54. The van der Waals surface area contributed by atoms with Crippen LogP contribution in [-0.4, -0.2) is 10.1 Å². The third-order valence-electron chi connectivity index (χ3n) is 2.26. The molecule has 0 radical (unpaired) electrons. The number of fused-ring (bicyclic) bond motifs is 1. The second kappa shape index (κ2) is 3.24. The molecule has 0 fully saturated rings. The van der Waals surface area contributed by atoms with Crippen molar-refractivity contribution in [3.63, 3.8) is 0 Å². The first-order valence-electron chi connectivity index (χ1n) is 4.21. The van der Waals surface area contributed by atoms with Crippen LogP contribution in [0.3, 0.4) is 0 Å². The largest absolute Gasteiger partial charge is 0.507 e. The molecule has 0 saturated heterocycles. The van der Waals surface area contributed by atoms with Crippen molar-refractivity contribution in [2.75, 3.05) is 0 Å². The number of aromatic amines is 1. The number of H-pyrrole nitrogens is 1. The summed E-state index contributed by atoms with van der Waals surface area (Å²) in [6.45, 7) is 1.48. The van der Waals surface area contributed by atoms with E-state index in [2.05, 4.69) is 4.98 Å². The summed E-state index contributed by atoms with van der Waals surface area (Å²) in [6, 6.07) is 2.36. The van der Waals surface area contributed by atoms with E-state index in [9.17, 15) is 14.3 Å². The Labute approximate surface area is 89.1 Å². The summed E-state index contributed by atoms with van der Waals surface area (Å²) in [4.78, 5) is 13.7. The normalized spacial score (nSPS) is 10.9. The Morgan fingerprint density at radius 1 is 1.47 bits per heavy atom. The van der Waals surface area contributed by atoms with Gasteiger partial charge < -0.3 is 10.1 Å². The van der Waals surface area contributed by atoms with E-state index in [0.717, 1.165) is 6.07 Å². The third kappa shape index (κ3) is 1.47. The van der Waals surface area contributed by atoms with E-state index >= 15 is 0 Å². The SMILES string of the molecule is Cc1c(O)c2cc(Cl)c(F)cc2[nH]c1=O. The molecule has 2 rings (SSSR count). The average molecular weight is 228 g/mol. The van der Waals surface area contributed by atoms with E-state index in [1.54, 1.807) is 0 Å². The van der Waals surface area contributed by atoms with Gasteiger partial charge in [-0.15, -0.1) is 0 Å². The van der Waals surface area contributed by atoms with Crippen LogP contribution in [0.4, 0.5) is 4.39 Å². The van der Waals surface area contributed by atoms with Gasteiger partial charge in [-0.2, -0.15) is 0 Å². The van der Waals surface area contributed by atoms with Crippen LogP contribution in [0.1, 0.15) is 5.56 Å². The first-order valence-corrected chi connectivity index (χ1v) is 4.59. The Hall–Kier alpha value is -1.55. The van der Waals surface area contributed by atoms with Crippen LogP contribution in [0.15, 0.2) is 16.9 Å². The quantitative estimate of drug-likeness (QED) is 0.726. The first kappa shape index (κ1) is 9.98. The van der Waals surface area contributed by atoms with Gasteiger partial charge in [0.05, 0.1) is 16.1 Å². The molecular weight excluding hydrogens is 221 g/mol. The zero-order valence-electron chi connectivity index (χ0n) is 7.77. The molecule has 78 valence electrons. The molecule has 1 aromatic heterocycles. The van der Waals surface area contributed by atoms with Crippen molar-refractivity contribution in [1.29, 1.82) is 0 Å². The summed E-state index contributed by atoms with van der Waals surface area (Å²) < 4.78 is 13.1. The summed E-state index contributed by atoms with van der Waals surface area (Å²) in [6.07, 6.45) is 0. The third-order valence-corrected chi connectivity index (χ3v) is 2.55. The maximum atomic E-state index is 13.1. The topological polar surface area (TPSA) is 53.1 Å². The summed E-state index contributed by atoms with van der Waals surface area (Å²) >= 11 is 5.57. The summed E-state index contributed by atoms with van der Waals surface area (Å²) in [7, 11) is 0. The second-order valence-corrected chi connectivity index (χ2v) is 3.65. The Kier molecular flexibility index (Phi) is 2.16. The van der Waals surface area contributed by atoms with E-state index in [4.69, 9.17) is 11.6 Å². The zero-order valence-corrected chi connectivity index (χ0v) is 8.52. The van der Waals surface area contributed by atoms with Crippen LogP contribution in [0.5, 0.6) is 5.75 Å². The lowest BCUT2D eigenvalue weighted by molar-refractivity contribution is 0.476. The molecule has 0 aliphatic rings. The van der Waals surface area contributed by atoms with Crippen molar-refractivity contribution >= 4 is 22.5 Å². The van der Waals surface area contributed by atoms with Crippen LogP contribution in [0.2, 0.25) is 5.02 Å². The van der Waals surface area contributed by atoms with E-state index in [1.807, 2.05) is 0 Å². The van der Waals surface area contributed by atoms with Gasteiger partial charge in [-0.3, -0.25) is 4.79 Å².